The van der Waals surface area contributed by atoms with Gasteiger partial charge in [-0.2, -0.15) is 0 Å². The molecule has 1 unspecified atom stereocenters. The molecule has 1 aliphatic rings. The van der Waals surface area contributed by atoms with Crippen LogP contribution in [-0.4, -0.2) is 41.5 Å². The second-order valence-corrected chi connectivity index (χ2v) is 7.24. The highest BCUT2D eigenvalue weighted by Gasteiger charge is 2.25. The fourth-order valence-electron chi connectivity index (χ4n) is 3.58. The van der Waals surface area contributed by atoms with Gasteiger partial charge in [0.05, 0.1) is 12.2 Å². The predicted octanol–water partition coefficient (Wildman–Crippen LogP) is 3.67. The Bertz CT molecular complexity index is 747. The van der Waals surface area contributed by atoms with E-state index in [0.29, 0.717) is 6.54 Å². The van der Waals surface area contributed by atoms with Crippen molar-refractivity contribution in [2.75, 3.05) is 19.7 Å². The molecule has 1 fully saturated rings. The molecule has 1 saturated heterocycles. The van der Waals surface area contributed by atoms with Crippen LogP contribution < -0.4 is 10.1 Å². The Kier molecular flexibility index (Phi) is 8.74. The van der Waals surface area contributed by atoms with Crippen LogP contribution in [0.1, 0.15) is 36.1 Å². The van der Waals surface area contributed by atoms with Crippen molar-refractivity contribution >= 4 is 18.3 Å². The van der Waals surface area contributed by atoms with Crippen LogP contribution in [0.4, 0.5) is 0 Å². The van der Waals surface area contributed by atoms with Gasteiger partial charge in [0.2, 0.25) is 0 Å². The first-order valence-corrected chi connectivity index (χ1v) is 9.73. The molecule has 1 N–H and O–H groups in total. The molecule has 1 aliphatic heterocycles. The standard InChI is InChI=1S/C22H29N3O2.ClH/c1-17-8-9-21(18(2)14-17)27-16-22(26)25(15-19-6-3-4-12-24-19)20-7-5-11-23-13-10-20;/h3-4,6,8-9,12,14,20,23H,5,7,10-11,13,15-16H2,1-2H3;1H. The number of aryl methyl sites for hydroxylation is 2. The molecule has 0 aliphatic carbocycles. The van der Waals surface area contributed by atoms with Crippen molar-refractivity contribution in [1.29, 1.82) is 0 Å². The third-order valence-corrected chi connectivity index (χ3v) is 5.05. The van der Waals surface area contributed by atoms with E-state index in [1.165, 1.54) is 5.56 Å². The summed E-state index contributed by atoms with van der Waals surface area (Å²) in [6.45, 7) is 6.60. The minimum absolute atomic E-state index is 0. The van der Waals surface area contributed by atoms with Crippen molar-refractivity contribution in [3.8, 4) is 5.75 Å². The number of hydrogen-bond acceptors (Lipinski definition) is 4. The van der Waals surface area contributed by atoms with E-state index in [-0.39, 0.29) is 31.0 Å². The number of aromatic nitrogens is 1. The number of carbonyl (C=O) groups is 1. The minimum Gasteiger partial charge on any atom is -0.483 e. The number of nitrogens with zero attached hydrogens (tertiary/aromatic N) is 2. The summed E-state index contributed by atoms with van der Waals surface area (Å²) in [4.78, 5) is 19.4. The summed E-state index contributed by atoms with van der Waals surface area (Å²) in [6.07, 6.45) is 4.82. The second kappa shape index (κ2) is 11.0. The maximum atomic E-state index is 13.1. The van der Waals surface area contributed by atoms with Crippen LogP contribution in [0.25, 0.3) is 0 Å². The van der Waals surface area contributed by atoms with Gasteiger partial charge in [0.1, 0.15) is 5.75 Å². The number of pyridine rings is 1. The highest BCUT2D eigenvalue weighted by Crippen LogP contribution is 2.20. The number of benzene rings is 1. The van der Waals surface area contributed by atoms with Crippen LogP contribution in [0.3, 0.4) is 0 Å². The van der Waals surface area contributed by atoms with Gasteiger partial charge < -0.3 is 15.0 Å². The summed E-state index contributed by atoms with van der Waals surface area (Å²) >= 11 is 0. The topological polar surface area (TPSA) is 54.5 Å². The van der Waals surface area contributed by atoms with Gasteiger partial charge in [-0.15, -0.1) is 12.4 Å². The molecular weight excluding hydrogens is 374 g/mol. The van der Waals surface area contributed by atoms with Crippen molar-refractivity contribution < 1.29 is 9.53 Å². The van der Waals surface area contributed by atoms with Gasteiger partial charge in [0, 0.05) is 12.2 Å². The molecule has 28 heavy (non-hydrogen) atoms. The van der Waals surface area contributed by atoms with Gasteiger partial charge in [-0.3, -0.25) is 9.78 Å². The summed E-state index contributed by atoms with van der Waals surface area (Å²) in [5.74, 6) is 0.793. The zero-order valence-corrected chi connectivity index (χ0v) is 17.5. The first-order valence-electron chi connectivity index (χ1n) is 9.73. The molecule has 2 aromatic rings. The summed E-state index contributed by atoms with van der Waals surface area (Å²) in [5, 5.41) is 3.42. The largest absolute Gasteiger partial charge is 0.483 e. The molecule has 0 spiro atoms. The Labute approximate surface area is 173 Å². The molecule has 3 rings (SSSR count). The third kappa shape index (κ3) is 6.21. The van der Waals surface area contributed by atoms with Gasteiger partial charge in [-0.25, -0.2) is 0 Å². The van der Waals surface area contributed by atoms with E-state index in [1.807, 2.05) is 42.2 Å². The molecule has 152 valence electrons. The van der Waals surface area contributed by atoms with Gasteiger partial charge in [-0.05, 0) is 70.0 Å². The minimum atomic E-state index is 0. The summed E-state index contributed by atoms with van der Waals surface area (Å²) in [7, 11) is 0. The maximum Gasteiger partial charge on any atom is 0.261 e. The van der Waals surface area contributed by atoms with Gasteiger partial charge in [0.15, 0.2) is 6.61 Å². The first kappa shape index (κ1) is 22.2. The quantitative estimate of drug-likeness (QED) is 0.799. The average Bonchev–Trinajstić information content (AvgIpc) is 2.95. The number of carbonyl (C=O) groups excluding carboxylic acids is 1. The van der Waals surface area contributed by atoms with Crippen molar-refractivity contribution in [1.82, 2.24) is 15.2 Å². The molecule has 6 heteroatoms. The Morgan fingerprint density at radius 1 is 1.21 bits per heavy atom. The van der Waals surface area contributed by atoms with Crippen LogP contribution in [0, 0.1) is 13.8 Å². The zero-order valence-electron chi connectivity index (χ0n) is 16.7. The van der Waals surface area contributed by atoms with E-state index in [1.54, 1.807) is 6.20 Å². The van der Waals surface area contributed by atoms with E-state index in [2.05, 4.69) is 23.3 Å². The molecule has 1 atom stereocenters. The lowest BCUT2D eigenvalue weighted by Gasteiger charge is -2.31. The molecule has 1 aromatic heterocycles. The first-order chi connectivity index (χ1) is 13.1. The molecule has 1 aromatic carbocycles. The summed E-state index contributed by atoms with van der Waals surface area (Å²) in [5.41, 5.74) is 3.15. The van der Waals surface area contributed by atoms with E-state index >= 15 is 0 Å². The lowest BCUT2D eigenvalue weighted by molar-refractivity contribution is -0.136. The van der Waals surface area contributed by atoms with E-state index < -0.39 is 0 Å². The number of ether oxygens (including phenoxy) is 1. The Balaban J connectivity index is 0.00000280. The zero-order chi connectivity index (χ0) is 19.1. The monoisotopic (exact) mass is 403 g/mol. The number of amides is 1. The molecule has 0 radical (unpaired) electrons. The Morgan fingerprint density at radius 3 is 2.82 bits per heavy atom. The second-order valence-electron chi connectivity index (χ2n) is 7.24. The van der Waals surface area contributed by atoms with Crippen LogP contribution >= 0.6 is 12.4 Å². The molecule has 5 nitrogen and oxygen atoms in total. The smallest absolute Gasteiger partial charge is 0.261 e. The predicted molar refractivity (Wildman–Crippen MR) is 114 cm³/mol. The molecule has 1 amide bonds. The summed E-state index contributed by atoms with van der Waals surface area (Å²) in [6, 6.07) is 12.1. The highest BCUT2D eigenvalue weighted by atomic mass is 35.5. The van der Waals surface area contributed by atoms with Crippen LogP contribution in [0.2, 0.25) is 0 Å². The Morgan fingerprint density at radius 2 is 2.07 bits per heavy atom. The van der Waals surface area contributed by atoms with Crippen molar-refractivity contribution in [3.63, 3.8) is 0 Å². The SMILES string of the molecule is Cc1ccc(OCC(=O)N(Cc2ccccn2)C2CCCNCC2)c(C)c1.Cl. The normalized spacial score (nSPS) is 16.6. The molecule has 0 bridgehead atoms. The molecular formula is C22H30ClN3O2. The fourth-order valence-corrected chi connectivity index (χ4v) is 3.58. The molecule has 2 heterocycles. The van der Waals surface area contributed by atoms with Gasteiger partial charge >= 0.3 is 0 Å². The van der Waals surface area contributed by atoms with Crippen molar-refractivity contribution in [2.24, 2.45) is 0 Å². The molecule has 0 saturated carbocycles. The van der Waals surface area contributed by atoms with Gasteiger partial charge in [0.25, 0.3) is 5.91 Å². The van der Waals surface area contributed by atoms with E-state index in [9.17, 15) is 4.79 Å². The highest BCUT2D eigenvalue weighted by molar-refractivity contribution is 5.85. The van der Waals surface area contributed by atoms with E-state index in [4.69, 9.17) is 4.74 Å². The van der Waals surface area contributed by atoms with Gasteiger partial charge in [-0.1, -0.05) is 23.8 Å². The third-order valence-electron chi connectivity index (χ3n) is 5.05. The fraction of sp³-hybridized carbons (Fsp3) is 0.455. The van der Waals surface area contributed by atoms with Crippen molar-refractivity contribution in [3.05, 3.63) is 59.4 Å². The van der Waals surface area contributed by atoms with Crippen LogP contribution in [-0.2, 0) is 11.3 Å². The maximum absolute atomic E-state index is 13.1. The summed E-state index contributed by atoms with van der Waals surface area (Å²) < 4.78 is 5.87. The number of rotatable bonds is 6. The van der Waals surface area contributed by atoms with Crippen LogP contribution in [0.5, 0.6) is 5.75 Å². The lowest BCUT2D eigenvalue weighted by Crippen LogP contribution is -2.43. The average molecular weight is 404 g/mol. The number of nitrogens with one attached hydrogen (secondary N) is 1. The Hall–Kier alpha value is -2.11. The van der Waals surface area contributed by atoms with E-state index in [0.717, 1.165) is 49.4 Å². The number of hydrogen-bond donors (Lipinski definition) is 1. The van der Waals surface area contributed by atoms with Crippen LogP contribution in [0.15, 0.2) is 42.6 Å². The van der Waals surface area contributed by atoms with Crippen molar-refractivity contribution in [2.45, 2.75) is 45.7 Å². The number of halogens is 1. The lowest BCUT2D eigenvalue weighted by atomic mass is 10.1.